The lowest BCUT2D eigenvalue weighted by atomic mass is 10.0. The van der Waals surface area contributed by atoms with E-state index in [1.54, 1.807) is 30.3 Å². The maximum absolute atomic E-state index is 12.0. The van der Waals surface area contributed by atoms with Gasteiger partial charge in [0, 0.05) is 0 Å². The Morgan fingerprint density at radius 2 is 1.90 bits per heavy atom. The molecule has 0 atom stereocenters. The quantitative estimate of drug-likeness (QED) is 0.251. The second-order valence-electron chi connectivity index (χ2n) is 7.21. The maximum Gasteiger partial charge on any atom is 0.379 e. The Morgan fingerprint density at radius 3 is 2.58 bits per heavy atom. The summed E-state index contributed by atoms with van der Waals surface area (Å²) >= 11 is 0. The van der Waals surface area contributed by atoms with Gasteiger partial charge >= 0.3 is 5.97 Å². The minimum atomic E-state index is -0.576. The average Bonchev–Trinajstić information content (AvgIpc) is 3.28. The summed E-state index contributed by atoms with van der Waals surface area (Å²) in [5, 5.41) is 3.93. The number of nitrogens with one attached hydrogen (secondary N) is 1. The normalized spacial score (nSPS) is 11.0. The van der Waals surface area contributed by atoms with Crippen LogP contribution in [0, 0.1) is 6.92 Å². The molecule has 7 heteroatoms. The topological polar surface area (TPSA) is 90.1 Å². The van der Waals surface area contributed by atoms with Crippen molar-refractivity contribution in [2.75, 3.05) is 6.61 Å². The van der Waals surface area contributed by atoms with Crippen LogP contribution in [0.1, 0.15) is 47.0 Å². The molecule has 2 aromatic carbocycles. The number of amides is 1. The number of hydrazone groups is 1. The predicted octanol–water partition coefficient (Wildman–Crippen LogP) is 4.46. The fraction of sp³-hybridized carbons (Fsp3) is 0.208. The van der Waals surface area contributed by atoms with Crippen molar-refractivity contribution in [1.82, 2.24) is 5.43 Å². The van der Waals surface area contributed by atoms with Crippen LogP contribution in [0.3, 0.4) is 0 Å². The molecule has 31 heavy (non-hydrogen) atoms. The van der Waals surface area contributed by atoms with Gasteiger partial charge in [0.15, 0.2) is 6.61 Å². The van der Waals surface area contributed by atoms with Gasteiger partial charge in [0.25, 0.3) is 5.91 Å². The van der Waals surface area contributed by atoms with Crippen LogP contribution in [-0.2, 0) is 4.79 Å². The zero-order valence-corrected chi connectivity index (χ0v) is 17.6. The lowest BCUT2D eigenvalue weighted by molar-refractivity contribution is -0.123. The largest absolute Gasteiger partial charge is 0.483 e. The molecule has 7 nitrogen and oxygen atoms in total. The SMILES string of the molecule is Cc1ccc(C(C)C)c(OCC(=O)N/N=C/c2ccc(OC(=O)c3ccco3)cc2)c1. The Balaban J connectivity index is 1.49. The number of hydrogen-bond donors (Lipinski definition) is 1. The van der Waals surface area contributed by atoms with E-state index in [1.807, 2.05) is 25.1 Å². The van der Waals surface area contributed by atoms with Crippen molar-refractivity contribution in [3.05, 3.63) is 83.3 Å². The standard InChI is InChI=1S/C24H24N2O5/c1-16(2)20-11-6-17(3)13-22(20)30-15-23(27)26-25-14-18-7-9-19(10-8-18)31-24(28)21-5-4-12-29-21/h4-14,16H,15H2,1-3H3,(H,26,27)/b25-14+. The van der Waals surface area contributed by atoms with Gasteiger partial charge < -0.3 is 13.9 Å². The van der Waals surface area contributed by atoms with E-state index in [-0.39, 0.29) is 24.2 Å². The maximum atomic E-state index is 12.0. The van der Waals surface area contributed by atoms with E-state index < -0.39 is 5.97 Å². The molecule has 0 unspecified atom stereocenters. The summed E-state index contributed by atoms with van der Waals surface area (Å²) in [6.45, 7) is 5.99. The molecule has 0 aliphatic carbocycles. The highest BCUT2D eigenvalue weighted by Crippen LogP contribution is 2.27. The number of aryl methyl sites for hydroxylation is 1. The van der Waals surface area contributed by atoms with Crippen LogP contribution in [0.25, 0.3) is 0 Å². The zero-order chi connectivity index (χ0) is 22.2. The molecule has 160 valence electrons. The van der Waals surface area contributed by atoms with Crippen molar-refractivity contribution in [1.29, 1.82) is 0 Å². The zero-order valence-electron chi connectivity index (χ0n) is 17.6. The molecule has 0 aliphatic rings. The number of rotatable bonds is 8. The minimum absolute atomic E-state index is 0.127. The number of ether oxygens (including phenoxy) is 2. The fourth-order valence-electron chi connectivity index (χ4n) is 2.77. The minimum Gasteiger partial charge on any atom is -0.483 e. The van der Waals surface area contributed by atoms with Crippen LogP contribution in [0.4, 0.5) is 0 Å². The van der Waals surface area contributed by atoms with Gasteiger partial charge in [0.2, 0.25) is 5.76 Å². The van der Waals surface area contributed by atoms with Crippen molar-refractivity contribution >= 4 is 18.1 Å². The fourth-order valence-corrected chi connectivity index (χ4v) is 2.77. The third kappa shape index (κ3) is 6.30. The number of benzene rings is 2. The number of nitrogens with zero attached hydrogens (tertiary/aromatic N) is 1. The Bertz CT molecular complexity index is 1050. The summed E-state index contributed by atoms with van der Waals surface area (Å²) in [6.07, 6.45) is 2.89. The highest BCUT2D eigenvalue weighted by atomic mass is 16.5. The van der Waals surface area contributed by atoms with Gasteiger partial charge in [-0.25, -0.2) is 10.2 Å². The number of hydrogen-bond acceptors (Lipinski definition) is 6. The van der Waals surface area contributed by atoms with Crippen LogP contribution < -0.4 is 14.9 Å². The average molecular weight is 420 g/mol. The lowest BCUT2D eigenvalue weighted by Crippen LogP contribution is -2.25. The molecule has 0 saturated carbocycles. The van der Waals surface area contributed by atoms with Crippen molar-refractivity contribution in [2.45, 2.75) is 26.7 Å². The third-order valence-electron chi connectivity index (χ3n) is 4.37. The second-order valence-corrected chi connectivity index (χ2v) is 7.21. The van der Waals surface area contributed by atoms with E-state index in [0.717, 1.165) is 16.7 Å². The second kappa shape index (κ2) is 10.2. The van der Waals surface area contributed by atoms with Gasteiger partial charge in [0.1, 0.15) is 11.5 Å². The Labute approximate surface area is 180 Å². The number of carbonyl (C=O) groups excluding carboxylic acids is 2. The van der Waals surface area contributed by atoms with Gasteiger partial charge in [0.05, 0.1) is 12.5 Å². The first kappa shape index (κ1) is 21.8. The van der Waals surface area contributed by atoms with Crippen LogP contribution in [-0.4, -0.2) is 24.7 Å². The summed E-state index contributed by atoms with van der Waals surface area (Å²) < 4.78 is 15.9. The lowest BCUT2D eigenvalue weighted by Gasteiger charge is -2.14. The molecule has 1 amide bonds. The molecule has 3 aromatic rings. The van der Waals surface area contributed by atoms with Gasteiger partial charge in [-0.15, -0.1) is 0 Å². The highest BCUT2D eigenvalue weighted by molar-refractivity contribution is 5.88. The first-order chi connectivity index (χ1) is 14.9. The number of furan rings is 1. The summed E-state index contributed by atoms with van der Waals surface area (Å²) in [7, 11) is 0. The molecule has 0 bridgehead atoms. The van der Waals surface area contributed by atoms with Crippen molar-refractivity contribution in [3.63, 3.8) is 0 Å². The molecule has 1 N–H and O–H groups in total. The van der Waals surface area contributed by atoms with Gasteiger partial charge in [-0.05, 0) is 72.0 Å². The predicted molar refractivity (Wildman–Crippen MR) is 117 cm³/mol. The molecule has 0 spiro atoms. The molecule has 3 rings (SSSR count). The van der Waals surface area contributed by atoms with Crippen LogP contribution in [0.2, 0.25) is 0 Å². The molecule has 0 fully saturated rings. The summed E-state index contributed by atoms with van der Waals surface area (Å²) in [4.78, 5) is 23.9. The van der Waals surface area contributed by atoms with Gasteiger partial charge in [-0.1, -0.05) is 26.0 Å². The van der Waals surface area contributed by atoms with Crippen LogP contribution in [0.15, 0.2) is 70.4 Å². The molecular weight excluding hydrogens is 396 g/mol. The van der Waals surface area contributed by atoms with E-state index in [9.17, 15) is 9.59 Å². The van der Waals surface area contributed by atoms with E-state index in [2.05, 4.69) is 24.4 Å². The van der Waals surface area contributed by atoms with E-state index in [0.29, 0.717) is 11.5 Å². The monoisotopic (exact) mass is 420 g/mol. The summed E-state index contributed by atoms with van der Waals surface area (Å²) in [5.74, 6) is 0.549. The van der Waals surface area contributed by atoms with E-state index >= 15 is 0 Å². The summed E-state index contributed by atoms with van der Waals surface area (Å²) in [5.41, 5.74) is 5.28. The van der Waals surface area contributed by atoms with Crippen molar-refractivity contribution in [3.8, 4) is 11.5 Å². The third-order valence-corrected chi connectivity index (χ3v) is 4.37. The molecule has 0 radical (unpaired) electrons. The first-order valence-corrected chi connectivity index (χ1v) is 9.83. The Hall–Kier alpha value is -3.87. The smallest absolute Gasteiger partial charge is 0.379 e. The Kier molecular flexibility index (Phi) is 7.22. The van der Waals surface area contributed by atoms with Gasteiger partial charge in [-0.2, -0.15) is 5.10 Å². The van der Waals surface area contributed by atoms with Crippen molar-refractivity contribution < 1.29 is 23.5 Å². The molecular formula is C24H24N2O5. The molecule has 1 heterocycles. The van der Waals surface area contributed by atoms with Gasteiger partial charge in [-0.3, -0.25) is 4.79 Å². The molecule has 0 saturated heterocycles. The Morgan fingerprint density at radius 1 is 1.13 bits per heavy atom. The molecule has 1 aromatic heterocycles. The van der Waals surface area contributed by atoms with Crippen molar-refractivity contribution in [2.24, 2.45) is 5.10 Å². The van der Waals surface area contributed by atoms with Crippen LogP contribution in [0.5, 0.6) is 11.5 Å². The number of esters is 1. The number of carbonyl (C=O) groups is 2. The van der Waals surface area contributed by atoms with E-state index in [4.69, 9.17) is 13.9 Å². The van der Waals surface area contributed by atoms with E-state index in [1.165, 1.54) is 18.5 Å². The molecule has 0 aliphatic heterocycles. The van der Waals surface area contributed by atoms with Crippen LogP contribution >= 0.6 is 0 Å². The highest BCUT2D eigenvalue weighted by Gasteiger charge is 2.11. The summed E-state index contributed by atoms with van der Waals surface area (Å²) in [6, 6.07) is 15.8. The first-order valence-electron chi connectivity index (χ1n) is 9.83.